The average molecular weight is 1310 g/mol. The predicted octanol–water partition coefficient (Wildman–Crippen LogP) is 10.0. The summed E-state index contributed by atoms with van der Waals surface area (Å²) in [4.78, 5) is 57.3. The number of nitrogens with one attached hydrogen (secondary N) is 5. The van der Waals surface area contributed by atoms with Gasteiger partial charge in [-0.15, -0.1) is 3.89 Å². The molecule has 4 fully saturated rings. The monoisotopic (exact) mass is 1310 g/mol. The van der Waals surface area contributed by atoms with E-state index in [0.717, 1.165) is 98.5 Å². The minimum Gasteiger partial charge on any atom is -0.348 e. The Hall–Kier alpha value is -6.46. The van der Waals surface area contributed by atoms with Gasteiger partial charge in [0.2, 0.25) is 0 Å². The summed E-state index contributed by atoms with van der Waals surface area (Å²) in [7, 11) is -8.73. The zero-order chi connectivity index (χ0) is 63.8. The highest BCUT2D eigenvalue weighted by Crippen LogP contribution is 2.64. The van der Waals surface area contributed by atoms with Crippen LogP contribution in [0.1, 0.15) is 115 Å². The Bertz CT molecular complexity index is 3930. The van der Waals surface area contributed by atoms with Crippen LogP contribution in [-0.2, 0) is 53.6 Å². The van der Waals surface area contributed by atoms with E-state index in [1.54, 1.807) is 37.3 Å². The standard InChI is InChI=1S/C35H42ClFN4O3S.C33H34ClFN4O5S/c1-3-40(4-2)21-22-41(45(43,44)29-14-12-28(37)13-15-29)32-16-11-26(34(42)39-24-27-7-5-6-8-31(27)36)23-30(32)35(17-19-38-20-18-35)33(41)25-9-10-25;1-2-37-31(41)32(42)39(45(43,44)25-12-10-24(35)11-13-25)28-14-9-22(30(40)38-20-23-5-3-4-6-27(23)34)19-26(28)33(15-17-36-18-16-33)29(39)21-7-8-21/h5-8,11-16,23,25,33,38H,3-4,9-10,17-22,24H2,1-2H3;3-6,9-14,19,21,29,36H,2,7-8,15-18,20H2,1H3,(H-,37,38,40,41)/p+2. The van der Waals surface area contributed by atoms with E-state index in [9.17, 15) is 28.0 Å². The van der Waals surface area contributed by atoms with Crippen LogP contribution in [0.4, 0.5) is 20.2 Å². The molecule has 4 atom stereocenters. The Morgan fingerprint density at radius 3 is 1.46 bits per heavy atom. The van der Waals surface area contributed by atoms with Crippen LogP contribution < -0.4 is 34.4 Å². The van der Waals surface area contributed by atoms with E-state index in [2.05, 4.69) is 45.3 Å². The molecule has 12 rings (SSSR count). The molecule has 5 N–H and O–H groups in total. The van der Waals surface area contributed by atoms with E-state index in [-0.39, 0.29) is 68.7 Å². The zero-order valence-corrected chi connectivity index (χ0v) is 54.0. The van der Waals surface area contributed by atoms with Gasteiger partial charge in [-0.1, -0.05) is 73.4 Å². The van der Waals surface area contributed by atoms with Crippen LogP contribution in [0, 0.1) is 23.5 Å². The van der Waals surface area contributed by atoms with E-state index in [1.165, 1.54) is 36.4 Å². The van der Waals surface area contributed by atoms with Crippen molar-refractivity contribution in [1.82, 2.24) is 39.3 Å². The summed E-state index contributed by atoms with van der Waals surface area (Å²) in [5.41, 5.74) is 3.61. The van der Waals surface area contributed by atoms with E-state index in [0.29, 0.717) is 78.6 Å². The third-order valence-corrected chi connectivity index (χ3v) is 25.0. The second-order valence-corrected chi connectivity index (χ2v) is 29.5. The smallest absolute Gasteiger partial charge is 0.348 e. The van der Waals surface area contributed by atoms with Crippen molar-refractivity contribution in [3.05, 3.63) is 189 Å². The fourth-order valence-electron chi connectivity index (χ4n) is 15.3. The van der Waals surface area contributed by atoms with Gasteiger partial charge in [0.1, 0.15) is 40.1 Å². The number of piperidine rings is 2. The Balaban J connectivity index is 0.000000185. The van der Waals surface area contributed by atoms with Crippen LogP contribution in [0.15, 0.2) is 143 Å². The van der Waals surface area contributed by atoms with Crippen LogP contribution in [0.3, 0.4) is 0 Å². The average Bonchev–Trinajstić information content (AvgIpc) is 1.50. The highest BCUT2D eigenvalue weighted by atomic mass is 35.5. The maximum absolute atomic E-state index is 15.2. The Labute approximate surface area is 536 Å². The molecule has 2 spiro atoms. The number of likely N-dealkylation sites (N-methyl/N-ethyl adjacent to an activating group) is 2. The van der Waals surface area contributed by atoms with Crippen LogP contribution in [0.2, 0.25) is 10.0 Å². The predicted molar refractivity (Wildman–Crippen MR) is 346 cm³/mol. The van der Waals surface area contributed by atoms with E-state index in [1.807, 2.05) is 42.5 Å². The van der Waals surface area contributed by atoms with Crippen molar-refractivity contribution in [2.45, 2.75) is 118 Å². The first-order valence-electron chi connectivity index (χ1n) is 31.3. The van der Waals surface area contributed by atoms with Crippen LogP contribution in [0.5, 0.6) is 0 Å². The highest BCUT2D eigenvalue weighted by Gasteiger charge is 2.75. The number of rotatable bonds is 18. The van der Waals surface area contributed by atoms with Crippen molar-refractivity contribution in [1.29, 1.82) is 0 Å². The summed E-state index contributed by atoms with van der Waals surface area (Å²) < 4.78 is 87.1. The lowest BCUT2D eigenvalue weighted by atomic mass is 9.68. The van der Waals surface area contributed by atoms with Crippen molar-refractivity contribution in [2.75, 3.05) is 58.9 Å². The summed E-state index contributed by atoms with van der Waals surface area (Å²) in [5, 5.41) is 16.4. The maximum atomic E-state index is 15.2. The van der Waals surface area contributed by atoms with Crippen LogP contribution >= 0.6 is 23.2 Å². The molecule has 22 heteroatoms. The first-order valence-corrected chi connectivity index (χ1v) is 35.0. The molecule has 0 bridgehead atoms. The number of amides is 4. The lowest BCUT2D eigenvalue weighted by molar-refractivity contribution is -0.143. The van der Waals surface area contributed by atoms with Gasteiger partial charge in [0.25, 0.3) is 11.8 Å². The molecule has 16 nitrogen and oxygen atoms in total. The molecular formula is C68H78Cl2F2N8O8S2+2. The highest BCUT2D eigenvalue weighted by molar-refractivity contribution is 7.92. The molecule has 6 aromatic rings. The Kier molecular flexibility index (Phi) is 19.0. The molecule has 0 radical (unpaired) electrons. The second kappa shape index (κ2) is 26.3. The van der Waals surface area contributed by atoms with E-state index in [4.69, 9.17) is 23.2 Å². The second-order valence-electron chi connectivity index (χ2n) is 24.6. The number of nitrogens with zero attached hydrogens (tertiary/aromatic N) is 3. The van der Waals surface area contributed by atoms with Gasteiger partial charge in [-0.25, -0.2) is 13.6 Å². The minimum atomic E-state index is -4.68. The van der Waals surface area contributed by atoms with Gasteiger partial charge in [-0.3, -0.25) is 19.3 Å². The summed E-state index contributed by atoms with van der Waals surface area (Å²) in [6.45, 7) is 11.7. The summed E-state index contributed by atoms with van der Waals surface area (Å²) in [6, 6.07) is 33.6. The van der Waals surface area contributed by atoms with Gasteiger partial charge in [0, 0.05) is 82.4 Å². The van der Waals surface area contributed by atoms with Gasteiger partial charge >= 0.3 is 31.9 Å². The lowest BCUT2D eigenvalue weighted by Crippen LogP contribution is -2.70. The molecule has 4 unspecified atom stereocenters. The first kappa shape index (κ1) is 65.0. The number of quaternary nitrogens is 2. The molecule has 2 aliphatic carbocycles. The van der Waals surface area contributed by atoms with Crippen LogP contribution in [0.25, 0.3) is 0 Å². The first-order chi connectivity index (χ1) is 43.2. The van der Waals surface area contributed by atoms with Gasteiger partial charge in [0.15, 0.2) is 11.4 Å². The minimum absolute atomic E-state index is 0.127. The third kappa shape index (κ3) is 11.5. The van der Waals surface area contributed by atoms with Crippen LogP contribution in [-0.4, -0.2) is 116 Å². The maximum Gasteiger partial charge on any atom is 0.424 e. The molecule has 90 heavy (non-hydrogen) atoms. The number of sulfonamides is 2. The van der Waals surface area contributed by atoms with Gasteiger partial charge in [-0.05, 0) is 194 Å². The molecule has 2 saturated heterocycles. The number of carbonyl (C=O) groups is 4. The Morgan fingerprint density at radius 2 is 1.00 bits per heavy atom. The molecular weight excluding hydrogens is 1230 g/mol. The summed E-state index contributed by atoms with van der Waals surface area (Å²) >= 11 is 12.6. The molecule has 4 aliphatic heterocycles. The topological polar surface area (TPSA) is 200 Å². The number of benzene rings is 6. The largest absolute Gasteiger partial charge is 0.424 e. The van der Waals surface area contributed by atoms with E-state index >= 15 is 16.8 Å². The van der Waals surface area contributed by atoms with Crippen molar-refractivity contribution in [2.24, 2.45) is 11.8 Å². The van der Waals surface area contributed by atoms with Gasteiger partial charge < -0.3 is 26.6 Å². The molecule has 6 aromatic carbocycles. The SMILES string of the molecule is CCN(CC)CC[N+]1(S(=O)(=O)c2ccc(F)cc2)c2ccc(C(=O)NCc3ccccc3Cl)cc2C2(CCNCC2)C1C1CC1.CCNC(=O)C(=O)[N+]1(S(=O)(=O)c2ccc(F)cc2)c2ccc(C(=O)NCc3ccccc3Cl)cc2C2(CCNCC2)C1C1CC1. The number of carbonyl (C=O) groups excluding carboxylic acids is 4. The molecule has 476 valence electrons. The van der Waals surface area contributed by atoms with Crippen molar-refractivity contribution in [3.63, 3.8) is 0 Å². The summed E-state index contributed by atoms with van der Waals surface area (Å²) in [5.74, 6) is -3.74. The number of fused-ring (bicyclic) bond motifs is 4. The fourth-order valence-corrected chi connectivity index (χ4v) is 20.2. The molecule has 2 saturated carbocycles. The normalized spacial score (nSPS) is 22.3. The van der Waals surface area contributed by atoms with Crippen molar-refractivity contribution in [3.8, 4) is 0 Å². The fraction of sp³-hybridized carbons (Fsp3) is 0.412. The Morgan fingerprint density at radius 1 is 0.567 bits per heavy atom. The molecule has 6 aliphatic rings. The van der Waals surface area contributed by atoms with E-state index < -0.39 is 64.3 Å². The zero-order valence-electron chi connectivity index (χ0n) is 50.9. The number of hydrogen-bond acceptors (Lipinski definition) is 11. The number of halogens is 4. The van der Waals surface area contributed by atoms with Crippen molar-refractivity contribution < 1.29 is 44.8 Å². The molecule has 4 heterocycles. The quantitative estimate of drug-likeness (QED) is 0.0405. The summed E-state index contributed by atoms with van der Waals surface area (Å²) in [6.07, 6.45) is 5.93. The lowest BCUT2D eigenvalue weighted by Gasteiger charge is -2.46. The number of hydrogen-bond donors (Lipinski definition) is 5. The van der Waals surface area contributed by atoms with Crippen molar-refractivity contribution >= 4 is 78.3 Å². The molecule has 4 amide bonds. The molecule has 0 aromatic heterocycles. The van der Waals surface area contributed by atoms with Gasteiger partial charge in [0.05, 0.1) is 10.8 Å². The third-order valence-electron chi connectivity index (χ3n) is 19.8. The van der Waals surface area contributed by atoms with Gasteiger partial charge in [-0.2, -0.15) is 20.7 Å².